The van der Waals surface area contributed by atoms with Gasteiger partial charge in [0.1, 0.15) is 11.5 Å². The Kier molecular flexibility index (Phi) is 12.9. The zero-order chi connectivity index (χ0) is 28.7. The van der Waals surface area contributed by atoms with E-state index in [1.54, 1.807) is 13.8 Å². The molecule has 8 nitrogen and oxygen atoms in total. The largest absolute Gasteiger partial charge is 0.494 e. The molecule has 0 saturated heterocycles. The minimum atomic E-state index is -0.750. The molecule has 0 aliphatic rings. The lowest BCUT2D eigenvalue weighted by atomic mass is 9.72. The summed E-state index contributed by atoms with van der Waals surface area (Å²) in [6.45, 7) is 11.0. The van der Waals surface area contributed by atoms with E-state index in [2.05, 4.69) is 10.2 Å². The number of nitrogens with zero attached hydrogens (tertiary/aromatic N) is 2. The average molecular weight is 541 g/mol. The fourth-order valence-electron chi connectivity index (χ4n) is 4.25. The molecule has 2 rings (SSSR count). The maximum Gasteiger partial charge on any atom is 0.311 e. The minimum Gasteiger partial charge on any atom is -0.494 e. The molecule has 0 aromatic heterocycles. The van der Waals surface area contributed by atoms with Crippen molar-refractivity contribution in [2.24, 2.45) is 21.1 Å². The van der Waals surface area contributed by atoms with Crippen LogP contribution in [-0.4, -0.2) is 38.9 Å². The van der Waals surface area contributed by atoms with Crippen LogP contribution in [0.2, 0.25) is 0 Å². The number of methoxy groups -OCH3 is 1. The monoisotopic (exact) mass is 540 g/mol. The third kappa shape index (κ3) is 10.7. The summed E-state index contributed by atoms with van der Waals surface area (Å²) < 4.78 is 21.7. The quantitative estimate of drug-likeness (QED) is 0.115. The van der Waals surface area contributed by atoms with Crippen molar-refractivity contribution in [1.29, 1.82) is 0 Å². The van der Waals surface area contributed by atoms with Gasteiger partial charge in [-0.2, -0.15) is 10.2 Å². The van der Waals surface area contributed by atoms with E-state index >= 15 is 0 Å². The number of ether oxygens (including phenoxy) is 4. The number of unbranched alkanes of at least 4 members (excludes halogenated alkanes) is 3. The van der Waals surface area contributed by atoms with Crippen molar-refractivity contribution < 1.29 is 28.5 Å². The van der Waals surface area contributed by atoms with Gasteiger partial charge in [-0.1, -0.05) is 6.92 Å². The van der Waals surface area contributed by atoms with Crippen LogP contribution < -0.4 is 9.47 Å². The van der Waals surface area contributed by atoms with Gasteiger partial charge in [-0.15, -0.1) is 0 Å². The van der Waals surface area contributed by atoms with Crippen molar-refractivity contribution in [1.82, 2.24) is 0 Å². The summed E-state index contributed by atoms with van der Waals surface area (Å²) >= 11 is 0. The van der Waals surface area contributed by atoms with E-state index in [1.807, 2.05) is 69.3 Å². The van der Waals surface area contributed by atoms with Crippen LogP contribution in [0.5, 0.6) is 11.5 Å². The van der Waals surface area contributed by atoms with Gasteiger partial charge in [0.25, 0.3) is 0 Å². The highest BCUT2D eigenvalue weighted by atomic mass is 16.5. The first-order chi connectivity index (χ1) is 18.6. The number of benzene rings is 2. The SMILES string of the molecule is CCOc1ccc(N=Nc2ccc(OCCCCCCOC(=O)C(C)(CC)CC(C)(C)C(=O)OC)cc2)cc1. The highest BCUT2D eigenvalue weighted by molar-refractivity contribution is 5.80. The molecule has 0 aliphatic heterocycles. The maximum atomic E-state index is 12.7. The van der Waals surface area contributed by atoms with Gasteiger partial charge in [-0.25, -0.2) is 0 Å². The van der Waals surface area contributed by atoms with Gasteiger partial charge in [0.05, 0.1) is 49.1 Å². The third-order valence-corrected chi connectivity index (χ3v) is 6.65. The topological polar surface area (TPSA) is 95.8 Å². The van der Waals surface area contributed by atoms with E-state index in [0.717, 1.165) is 48.6 Å². The van der Waals surface area contributed by atoms with Gasteiger partial charge < -0.3 is 18.9 Å². The number of carbonyl (C=O) groups excluding carboxylic acids is 2. The Morgan fingerprint density at radius 1 is 0.718 bits per heavy atom. The van der Waals surface area contributed by atoms with Crippen molar-refractivity contribution in [3.63, 3.8) is 0 Å². The normalized spacial score (nSPS) is 13.1. The lowest BCUT2D eigenvalue weighted by Crippen LogP contribution is -2.38. The number of azo groups is 1. The van der Waals surface area contributed by atoms with Crippen LogP contribution in [0, 0.1) is 10.8 Å². The Morgan fingerprint density at radius 2 is 1.23 bits per heavy atom. The summed E-state index contributed by atoms with van der Waals surface area (Å²) in [6.07, 6.45) is 4.60. The van der Waals surface area contributed by atoms with E-state index in [-0.39, 0.29) is 11.9 Å². The molecular formula is C31H44N2O6. The van der Waals surface area contributed by atoms with Crippen LogP contribution in [0.4, 0.5) is 11.4 Å². The van der Waals surface area contributed by atoms with Gasteiger partial charge in [0.15, 0.2) is 0 Å². The first kappa shape index (κ1) is 31.8. The summed E-state index contributed by atoms with van der Waals surface area (Å²) in [7, 11) is 1.37. The van der Waals surface area contributed by atoms with Crippen LogP contribution in [0.3, 0.4) is 0 Å². The lowest BCUT2D eigenvalue weighted by molar-refractivity contribution is -0.161. The molecule has 0 N–H and O–H groups in total. The molecule has 0 heterocycles. The first-order valence-electron chi connectivity index (χ1n) is 13.8. The van der Waals surface area contributed by atoms with E-state index in [4.69, 9.17) is 18.9 Å². The first-order valence-corrected chi connectivity index (χ1v) is 13.8. The van der Waals surface area contributed by atoms with Crippen LogP contribution in [0.15, 0.2) is 58.8 Å². The fraction of sp³-hybridized carbons (Fsp3) is 0.548. The molecule has 0 bridgehead atoms. The fourth-order valence-corrected chi connectivity index (χ4v) is 4.25. The summed E-state index contributed by atoms with van der Waals surface area (Å²) in [5.74, 6) is 1.03. The van der Waals surface area contributed by atoms with Crippen LogP contribution in [0.1, 0.15) is 73.1 Å². The Morgan fingerprint density at radius 3 is 1.72 bits per heavy atom. The number of hydrogen-bond donors (Lipinski definition) is 0. The second kappa shape index (κ2) is 15.9. The summed E-state index contributed by atoms with van der Waals surface area (Å²) in [5, 5.41) is 8.52. The standard InChI is InChI=1S/C31H44N2O6/c1-7-31(5,23-30(3,4)28(34)36-6)29(35)39-22-12-10-9-11-21-38-27-19-15-25(16-20-27)33-32-24-13-17-26(18-14-24)37-8-2/h13-20H,7-12,21-23H2,1-6H3. The van der Waals surface area contributed by atoms with Crippen molar-refractivity contribution in [3.8, 4) is 11.5 Å². The van der Waals surface area contributed by atoms with E-state index in [1.165, 1.54) is 7.11 Å². The third-order valence-electron chi connectivity index (χ3n) is 6.65. The van der Waals surface area contributed by atoms with Gasteiger partial charge in [-0.3, -0.25) is 9.59 Å². The lowest BCUT2D eigenvalue weighted by Gasteiger charge is -2.33. The van der Waals surface area contributed by atoms with Crippen LogP contribution in [0.25, 0.3) is 0 Å². The van der Waals surface area contributed by atoms with Gasteiger partial charge >= 0.3 is 11.9 Å². The molecule has 8 heteroatoms. The van der Waals surface area contributed by atoms with Gasteiger partial charge in [0.2, 0.25) is 0 Å². The van der Waals surface area contributed by atoms with Crippen LogP contribution in [-0.2, 0) is 19.1 Å². The molecule has 1 unspecified atom stereocenters. The highest BCUT2D eigenvalue weighted by Gasteiger charge is 2.42. The molecule has 2 aromatic rings. The smallest absolute Gasteiger partial charge is 0.311 e. The van der Waals surface area contributed by atoms with E-state index < -0.39 is 10.8 Å². The predicted octanol–water partition coefficient (Wildman–Crippen LogP) is 7.99. The van der Waals surface area contributed by atoms with E-state index in [9.17, 15) is 9.59 Å². The zero-order valence-electron chi connectivity index (χ0n) is 24.3. The Bertz CT molecular complexity index is 1050. The minimum absolute atomic E-state index is 0.257. The molecule has 214 valence electrons. The Hall–Kier alpha value is -3.42. The molecule has 0 aliphatic carbocycles. The van der Waals surface area contributed by atoms with Crippen molar-refractivity contribution in [2.75, 3.05) is 26.9 Å². The van der Waals surface area contributed by atoms with Crippen molar-refractivity contribution >= 4 is 23.3 Å². The molecule has 0 saturated carbocycles. The van der Waals surface area contributed by atoms with Crippen molar-refractivity contribution in [2.45, 2.75) is 73.1 Å². The van der Waals surface area contributed by atoms with Gasteiger partial charge in [-0.05, 0) is 115 Å². The molecule has 39 heavy (non-hydrogen) atoms. The number of hydrogen-bond acceptors (Lipinski definition) is 8. The average Bonchev–Trinajstić information content (AvgIpc) is 2.93. The summed E-state index contributed by atoms with van der Waals surface area (Å²) in [5.41, 5.74) is 0.0340. The molecular weight excluding hydrogens is 496 g/mol. The van der Waals surface area contributed by atoms with E-state index in [0.29, 0.717) is 32.7 Å². The molecule has 0 amide bonds. The van der Waals surface area contributed by atoms with Gasteiger partial charge in [0, 0.05) is 0 Å². The van der Waals surface area contributed by atoms with Crippen LogP contribution >= 0.6 is 0 Å². The maximum absolute atomic E-state index is 12.7. The predicted molar refractivity (Wildman–Crippen MR) is 152 cm³/mol. The molecule has 0 spiro atoms. The second-order valence-corrected chi connectivity index (χ2v) is 10.5. The molecule has 0 radical (unpaired) electrons. The summed E-state index contributed by atoms with van der Waals surface area (Å²) in [4.78, 5) is 24.8. The number of carbonyl (C=O) groups is 2. The Balaban J connectivity index is 1.63. The summed E-state index contributed by atoms with van der Waals surface area (Å²) in [6, 6.07) is 15.0. The number of rotatable bonds is 17. The highest BCUT2D eigenvalue weighted by Crippen LogP contribution is 2.38. The molecule has 1 atom stereocenters. The Labute approximate surface area is 233 Å². The second-order valence-electron chi connectivity index (χ2n) is 10.5. The van der Waals surface area contributed by atoms with Crippen molar-refractivity contribution in [3.05, 3.63) is 48.5 Å². The molecule has 2 aromatic carbocycles. The molecule has 0 fully saturated rings. The number of esters is 2. The zero-order valence-corrected chi connectivity index (χ0v) is 24.3.